The van der Waals surface area contributed by atoms with Crippen molar-refractivity contribution in [3.63, 3.8) is 0 Å². The topological polar surface area (TPSA) is 121 Å². The van der Waals surface area contributed by atoms with Crippen LogP contribution in [0.15, 0.2) is 5.11 Å². The zero-order valence-corrected chi connectivity index (χ0v) is 6.54. The Balaban J connectivity index is 3.83. The van der Waals surface area contributed by atoms with Crippen molar-refractivity contribution in [1.82, 2.24) is 0 Å². The third-order valence-electron chi connectivity index (χ3n) is 1.18. The highest BCUT2D eigenvalue weighted by atomic mass is 16.6. The van der Waals surface area contributed by atoms with Gasteiger partial charge >= 0.3 is 6.09 Å². The summed E-state index contributed by atoms with van der Waals surface area (Å²) in [5.41, 5.74) is 12.6. The van der Waals surface area contributed by atoms with Gasteiger partial charge in [0.2, 0.25) is 0 Å². The van der Waals surface area contributed by atoms with Crippen LogP contribution in [0, 0.1) is 0 Å². The standard InChI is InChI=1S/C5H10N4O3/c1-3(12-5(6)11)4(10)2-8-9-7/h3-4,10H,2H2,1H3,(H2,6,11). The summed E-state index contributed by atoms with van der Waals surface area (Å²) in [6.45, 7) is 1.30. The molecule has 12 heavy (non-hydrogen) atoms. The monoisotopic (exact) mass is 174 g/mol. The van der Waals surface area contributed by atoms with E-state index in [1.54, 1.807) is 0 Å². The molecule has 2 unspecified atom stereocenters. The first-order valence-corrected chi connectivity index (χ1v) is 3.23. The second-order valence-electron chi connectivity index (χ2n) is 2.12. The fraction of sp³-hybridized carbons (Fsp3) is 0.800. The molecule has 68 valence electrons. The molecule has 0 spiro atoms. The Hall–Kier alpha value is -1.46. The normalized spacial score (nSPS) is 14.2. The second kappa shape index (κ2) is 5.22. The molecule has 0 rings (SSSR count). The van der Waals surface area contributed by atoms with Crippen LogP contribution in [-0.4, -0.2) is 30.0 Å². The Labute approximate surface area is 68.7 Å². The maximum atomic E-state index is 10.2. The highest BCUT2D eigenvalue weighted by Gasteiger charge is 2.15. The van der Waals surface area contributed by atoms with Crippen molar-refractivity contribution in [3.8, 4) is 0 Å². The summed E-state index contributed by atoms with van der Waals surface area (Å²) in [6.07, 6.45) is -2.76. The zero-order chi connectivity index (χ0) is 9.56. The number of carbonyl (C=O) groups is 1. The van der Waals surface area contributed by atoms with Gasteiger partial charge < -0.3 is 15.6 Å². The van der Waals surface area contributed by atoms with Crippen LogP contribution in [0.5, 0.6) is 0 Å². The lowest BCUT2D eigenvalue weighted by atomic mass is 10.2. The van der Waals surface area contributed by atoms with E-state index in [4.69, 9.17) is 10.6 Å². The Morgan fingerprint density at radius 3 is 2.92 bits per heavy atom. The average molecular weight is 174 g/mol. The van der Waals surface area contributed by atoms with E-state index in [1.807, 2.05) is 0 Å². The predicted molar refractivity (Wildman–Crippen MR) is 40.2 cm³/mol. The van der Waals surface area contributed by atoms with Gasteiger partial charge in [-0.25, -0.2) is 4.79 Å². The average Bonchev–Trinajstić information content (AvgIpc) is 1.98. The molecule has 0 saturated carbocycles. The van der Waals surface area contributed by atoms with Crippen LogP contribution in [-0.2, 0) is 4.74 Å². The molecule has 0 aromatic heterocycles. The zero-order valence-electron chi connectivity index (χ0n) is 6.54. The molecule has 0 aliphatic carbocycles. The van der Waals surface area contributed by atoms with Crippen LogP contribution in [0.3, 0.4) is 0 Å². The van der Waals surface area contributed by atoms with Crippen LogP contribution in [0.4, 0.5) is 4.79 Å². The van der Waals surface area contributed by atoms with Gasteiger partial charge in [-0.2, -0.15) is 0 Å². The minimum atomic E-state index is -1.02. The van der Waals surface area contributed by atoms with Crippen molar-refractivity contribution >= 4 is 6.09 Å². The first-order valence-electron chi connectivity index (χ1n) is 3.23. The van der Waals surface area contributed by atoms with E-state index in [9.17, 15) is 4.79 Å². The van der Waals surface area contributed by atoms with Gasteiger partial charge in [0.1, 0.15) is 6.10 Å². The molecule has 1 amide bonds. The fourth-order valence-electron chi connectivity index (χ4n) is 0.530. The number of aliphatic hydroxyl groups excluding tert-OH is 1. The molecule has 0 fully saturated rings. The van der Waals surface area contributed by atoms with Crippen molar-refractivity contribution in [2.45, 2.75) is 19.1 Å². The van der Waals surface area contributed by atoms with E-state index in [0.29, 0.717) is 0 Å². The van der Waals surface area contributed by atoms with Gasteiger partial charge in [-0.3, -0.25) is 0 Å². The Bertz CT molecular complexity index is 193. The quantitative estimate of drug-likeness (QED) is 0.358. The number of nitrogens with two attached hydrogens (primary N) is 1. The van der Waals surface area contributed by atoms with E-state index >= 15 is 0 Å². The molecular formula is C5H10N4O3. The number of carbonyl (C=O) groups excluding carboxylic acids is 1. The largest absolute Gasteiger partial charge is 0.444 e. The van der Waals surface area contributed by atoms with Crippen molar-refractivity contribution in [1.29, 1.82) is 0 Å². The molecule has 2 atom stereocenters. The van der Waals surface area contributed by atoms with Crippen LogP contribution in [0.25, 0.3) is 10.4 Å². The molecule has 0 aliphatic heterocycles. The van der Waals surface area contributed by atoms with E-state index in [0.717, 1.165) is 0 Å². The van der Waals surface area contributed by atoms with Crippen LogP contribution in [0.2, 0.25) is 0 Å². The summed E-state index contributed by atoms with van der Waals surface area (Å²) in [4.78, 5) is 12.6. The fourth-order valence-corrected chi connectivity index (χ4v) is 0.530. The summed E-state index contributed by atoms with van der Waals surface area (Å²) in [5.74, 6) is 0. The molecule has 0 aromatic rings. The van der Waals surface area contributed by atoms with Crippen LogP contribution >= 0.6 is 0 Å². The minimum Gasteiger partial charge on any atom is -0.444 e. The molecule has 7 heteroatoms. The van der Waals surface area contributed by atoms with Crippen LogP contribution < -0.4 is 5.73 Å². The molecule has 3 N–H and O–H groups in total. The number of primary amides is 1. The lowest BCUT2D eigenvalue weighted by Gasteiger charge is -2.15. The van der Waals surface area contributed by atoms with Crippen LogP contribution in [0.1, 0.15) is 6.92 Å². The van der Waals surface area contributed by atoms with Gasteiger partial charge in [0.25, 0.3) is 0 Å². The van der Waals surface area contributed by atoms with E-state index in [-0.39, 0.29) is 6.54 Å². The number of rotatable bonds is 4. The molecule has 0 radical (unpaired) electrons. The molecule has 7 nitrogen and oxygen atoms in total. The first kappa shape index (κ1) is 10.5. The van der Waals surface area contributed by atoms with E-state index in [2.05, 4.69) is 20.5 Å². The number of aliphatic hydroxyl groups is 1. The minimum absolute atomic E-state index is 0.148. The molecule has 0 aliphatic rings. The smallest absolute Gasteiger partial charge is 0.404 e. The lowest BCUT2D eigenvalue weighted by molar-refractivity contribution is 0.0217. The lowest BCUT2D eigenvalue weighted by Crippen LogP contribution is -2.32. The van der Waals surface area contributed by atoms with Crippen molar-refractivity contribution < 1.29 is 14.6 Å². The van der Waals surface area contributed by atoms with Gasteiger partial charge in [-0.05, 0) is 12.5 Å². The number of hydrogen-bond acceptors (Lipinski definition) is 4. The van der Waals surface area contributed by atoms with E-state index < -0.39 is 18.3 Å². The number of azide groups is 1. The van der Waals surface area contributed by atoms with Crippen molar-refractivity contribution in [3.05, 3.63) is 10.4 Å². The molecular weight excluding hydrogens is 164 g/mol. The number of nitrogens with zero attached hydrogens (tertiary/aromatic N) is 3. The summed E-state index contributed by atoms with van der Waals surface area (Å²) < 4.78 is 4.41. The van der Waals surface area contributed by atoms with Gasteiger partial charge in [0.15, 0.2) is 0 Å². The maximum absolute atomic E-state index is 10.2. The number of hydrogen-bond donors (Lipinski definition) is 2. The molecule has 0 bridgehead atoms. The number of ether oxygens (including phenoxy) is 1. The van der Waals surface area contributed by atoms with Gasteiger partial charge in [0.05, 0.1) is 12.6 Å². The van der Waals surface area contributed by atoms with Crippen molar-refractivity contribution in [2.75, 3.05) is 6.54 Å². The maximum Gasteiger partial charge on any atom is 0.404 e. The third-order valence-corrected chi connectivity index (χ3v) is 1.18. The summed E-state index contributed by atoms with van der Waals surface area (Å²) in [5, 5.41) is 12.2. The summed E-state index contributed by atoms with van der Waals surface area (Å²) in [6, 6.07) is 0. The van der Waals surface area contributed by atoms with Gasteiger partial charge in [0, 0.05) is 4.91 Å². The number of amides is 1. The SMILES string of the molecule is CC(OC(N)=O)C(O)CN=[N+]=[N-]. The Morgan fingerprint density at radius 1 is 1.92 bits per heavy atom. The Kier molecular flexibility index (Phi) is 4.59. The molecule has 0 heterocycles. The Morgan fingerprint density at radius 2 is 2.50 bits per heavy atom. The second-order valence-corrected chi connectivity index (χ2v) is 2.12. The first-order chi connectivity index (χ1) is 5.57. The summed E-state index contributed by atoms with van der Waals surface area (Å²) >= 11 is 0. The van der Waals surface area contributed by atoms with E-state index in [1.165, 1.54) is 6.92 Å². The highest BCUT2D eigenvalue weighted by molar-refractivity contribution is 5.64. The summed E-state index contributed by atoms with van der Waals surface area (Å²) in [7, 11) is 0. The third kappa shape index (κ3) is 4.37. The molecule has 0 saturated heterocycles. The predicted octanol–water partition coefficient (Wildman–Crippen LogP) is 0.141. The molecule has 0 aromatic carbocycles. The highest BCUT2D eigenvalue weighted by Crippen LogP contribution is 1.98. The van der Waals surface area contributed by atoms with Gasteiger partial charge in [-0.15, -0.1) is 0 Å². The van der Waals surface area contributed by atoms with Crippen molar-refractivity contribution in [2.24, 2.45) is 10.8 Å². The van der Waals surface area contributed by atoms with Gasteiger partial charge in [-0.1, -0.05) is 5.11 Å².